The zero-order valence-corrected chi connectivity index (χ0v) is 14.2. The molecule has 0 bridgehead atoms. The number of likely N-dealkylation sites (tertiary alicyclic amines) is 1. The van der Waals surface area contributed by atoms with E-state index in [2.05, 4.69) is 42.8 Å². The van der Waals surface area contributed by atoms with Gasteiger partial charge in [0.15, 0.2) is 0 Å². The summed E-state index contributed by atoms with van der Waals surface area (Å²) >= 11 is 3.50. The van der Waals surface area contributed by atoms with Crippen LogP contribution >= 0.6 is 15.9 Å². The summed E-state index contributed by atoms with van der Waals surface area (Å²) in [5.74, 6) is 0.854. The lowest BCUT2D eigenvalue weighted by Crippen LogP contribution is -2.31. The monoisotopic (exact) mass is 337 g/mol. The topological polar surface area (TPSA) is 20.3 Å². The van der Waals surface area contributed by atoms with Gasteiger partial charge in [0.1, 0.15) is 0 Å². The quantitative estimate of drug-likeness (QED) is 0.755. The Balaban J connectivity index is 2.19. The summed E-state index contributed by atoms with van der Waals surface area (Å²) in [5.41, 5.74) is 2.02. The van der Waals surface area contributed by atoms with Crippen LogP contribution in [0.15, 0.2) is 24.3 Å². The predicted octanol–water partition coefficient (Wildman–Crippen LogP) is 4.23. The predicted molar refractivity (Wildman–Crippen MR) is 87.6 cm³/mol. The maximum absolute atomic E-state index is 12.8. The van der Waals surface area contributed by atoms with Crippen LogP contribution < -0.4 is 0 Å². The van der Waals surface area contributed by atoms with Crippen LogP contribution in [-0.2, 0) is 5.41 Å². The first kappa shape index (κ1) is 15.6. The van der Waals surface area contributed by atoms with Crippen molar-refractivity contribution >= 4 is 21.8 Å². The first-order chi connectivity index (χ1) is 9.43. The maximum atomic E-state index is 12.8. The van der Waals surface area contributed by atoms with Crippen LogP contribution in [0, 0.1) is 5.92 Å². The van der Waals surface area contributed by atoms with E-state index >= 15 is 0 Å². The molecular weight excluding hydrogens is 314 g/mol. The first-order valence-corrected chi connectivity index (χ1v) is 8.50. The Morgan fingerprint density at radius 3 is 2.70 bits per heavy atom. The van der Waals surface area contributed by atoms with E-state index in [0.717, 1.165) is 42.4 Å². The number of benzene rings is 1. The number of alkyl halides is 1. The van der Waals surface area contributed by atoms with Crippen molar-refractivity contribution in [3.63, 3.8) is 0 Å². The minimum absolute atomic E-state index is 0.00123. The highest BCUT2D eigenvalue weighted by atomic mass is 79.9. The standard InChI is InChI=1S/C17H24BrNO/c1-17(2,3)15-7-5-4-6-14(15)16(20)19-11-9-13(12-19)8-10-18/h4-7,13H,8-12H2,1-3H3. The smallest absolute Gasteiger partial charge is 0.254 e. The van der Waals surface area contributed by atoms with Crippen molar-refractivity contribution in [1.82, 2.24) is 4.90 Å². The van der Waals surface area contributed by atoms with Gasteiger partial charge in [0.05, 0.1) is 0 Å². The van der Waals surface area contributed by atoms with Crippen LogP contribution in [0.3, 0.4) is 0 Å². The number of halogens is 1. The number of nitrogens with zero attached hydrogens (tertiary/aromatic N) is 1. The van der Waals surface area contributed by atoms with Crippen molar-refractivity contribution in [2.75, 3.05) is 18.4 Å². The second-order valence-corrected chi connectivity index (χ2v) is 7.47. The fourth-order valence-corrected chi connectivity index (χ4v) is 3.55. The van der Waals surface area contributed by atoms with Gasteiger partial charge in [-0.05, 0) is 35.8 Å². The summed E-state index contributed by atoms with van der Waals surface area (Å²) in [6, 6.07) is 8.05. The van der Waals surface area contributed by atoms with Crippen LogP contribution in [0.2, 0.25) is 0 Å². The molecule has 2 nitrogen and oxygen atoms in total. The van der Waals surface area contributed by atoms with Gasteiger partial charge < -0.3 is 4.90 Å². The average molecular weight is 338 g/mol. The molecule has 0 aliphatic carbocycles. The Morgan fingerprint density at radius 1 is 1.35 bits per heavy atom. The molecule has 2 rings (SSSR count). The van der Waals surface area contributed by atoms with Crippen LogP contribution in [0.4, 0.5) is 0 Å². The van der Waals surface area contributed by atoms with E-state index in [1.54, 1.807) is 0 Å². The number of amides is 1. The van der Waals surface area contributed by atoms with Gasteiger partial charge in [-0.15, -0.1) is 0 Å². The molecule has 3 heteroatoms. The van der Waals surface area contributed by atoms with Gasteiger partial charge in [-0.2, -0.15) is 0 Å². The van der Waals surface area contributed by atoms with E-state index in [1.807, 2.05) is 23.1 Å². The molecule has 1 aromatic carbocycles. The molecule has 1 amide bonds. The van der Waals surface area contributed by atoms with E-state index in [0.29, 0.717) is 5.92 Å². The summed E-state index contributed by atoms with van der Waals surface area (Å²) in [6.07, 6.45) is 2.29. The second-order valence-electron chi connectivity index (χ2n) is 6.68. The lowest BCUT2D eigenvalue weighted by atomic mass is 9.83. The highest BCUT2D eigenvalue weighted by Crippen LogP contribution is 2.28. The molecule has 1 saturated heterocycles. The Hall–Kier alpha value is -0.830. The fourth-order valence-electron chi connectivity index (χ4n) is 2.90. The van der Waals surface area contributed by atoms with E-state index in [9.17, 15) is 4.79 Å². The van der Waals surface area contributed by atoms with Crippen LogP contribution in [0.5, 0.6) is 0 Å². The molecule has 1 aliphatic heterocycles. The fraction of sp³-hybridized carbons (Fsp3) is 0.588. The Labute approximate surface area is 130 Å². The van der Waals surface area contributed by atoms with E-state index in [1.165, 1.54) is 0 Å². The lowest BCUT2D eigenvalue weighted by Gasteiger charge is -2.25. The molecule has 0 radical (unpaired) electrons. The number of carbonyl (C=O) groups is 1. The third-order valence-corrected chi connectivity index (χ3v) is 4.51. The summed E-state index contributed by atoms with van der Waals surface area (Å²) in [5, 5.41) is 1.03. The summed E-state index contributed by atoms with van der Waals surface area (Å²) in [6.45, 7) is 8.29. The molecule has 0 spiro atoms. The van der Waals surface area contributed by atoms with E-state index in [4.69, 9.17) is 0 Å². The van der Waals surface area contributed by atoms with Gasteiger partial charge >= 0.3 is 0 Å². The average Bonchev–Trinajstić information content (AvgIpc) is 2.86. The molecule has 0 N–H and O–H groups in total. The van der Waals surface area contributed by atoms with Gasteiger partial charge in [-0.25, -0.2) is 0 Å². The molecular formula is C17H24BrNO. The molecule has 1 unspecified atom stereocenters. The maximum Gasteiger partial charge on any atom is 0.254 e. The highest BCUT2D eigenvalue weighted by Gasteiger charge is 2.29. The normalized spacial score (nSPS) is 19.4. The number of hydrogen-bond donors (Lipinski definition) is 0. The molecule has 110 valence electrons. The summed E-state index contributed by atoms with van der Waals surface area (Å²) < 4.78 is 0. The van der Waals surface area contributed by atoms with Crippen molar-refractivity contribution in [3.05, 3.63) is 35.4 Å². The zero-order valence-electron chi connectivity index (χ0n) is 12.7. The molecule has 1 aliphatic rings. The second kappa shape index (κ2) is 6.30. The Bertz CT molecular complexity index is 478. The van der Waals surface area contributed by atoms with Gasteiger partial charge in [0, 0.05) is 24.0 Å². The summed E-state index contributed by atoms with van der Waals surface area (Å²) in [4.78, 5) is 14.8. The molecule has 1 heterocycles. The minimum Gasteiger partial charge on any atom is -0.338 e. The van der Waals surface area contributed by atoms with Crippen LogP contribution in [0.25, 0.3) is 0 Å². The van der Waals surface area contributed by atoms with Crippen LogP contribution in [0.1, 0.15) is 49.5 Å². The van der Waals surface area contributed by atoms with E-state index < -0.39 is 0 Å². The Morgan fingerprint density at radius 2 is 2.05 bits per heavy atom. The van der Waals surface area contributed by atoms with E-state index in [-0.39, 0.29) is 11.3 Å². The molecule has 1 atom stereocenters. The molecule has 1 fully saturated rings. The largest absolute Gasteiger partial charge is 0.338 e. The highest BCUT2D eigenvalue weighted by molar-refractivity contribution is 9.09. The van der Waals surface area contributed by atoms with Crippen molar-refractivity contribution in [3.8, 4) is 0 Å². The molecule has 1 aromatic rings. The first-order valence-electron chi connectivity index (χ1n) is 7.38. The number of hydrogen-bond acceptors (Lipinski definition) is 1. The molecule has 0 saturated carbocycles. The van der Waals surface area contributed by atoms with Crippen molar-refractivity contribution in [2.24, 2.45) is 5.92 Å². The van der Waals surface area contributed by atoms with Gasteiger partial charge in [0.25, 0.3) is 5.91 Å². The lowest BCUT2D eigenvalue weighted by molar-refractivity contribution is 0.0784. The van der Waals surface area contributed by atoms with Crippen molar-refractivity contribution in [2.45, 2.75) is 39.0 Å². The van der Waals surface area contributed by atoms with Gasteiger partial charge in [0.2, 0.25) is 0 Å². The molecule has 20 heavy (non-hydrogen) atoms. The third-order valence-electron chi connectivity index (χ3n) is 4.06. The van der Waals surface area contributed by atoms with Crippen molar-refractivity contribution in [1.29, 1.82) is 0 Å². The van der Waals surface area contributed by atoms with Gasteiger partial charge in [-0.3, -0.25) is 4.79 Å². The molecule has 0 aromatic heterocycles. The zero-order chi connectivity index (χ0) is 14.8. The van der Waals surface area contributed by atoms with Crippen molar-refractivity contribution < 1.29 is 4.79 Å². The van der Waals surface area contributed by atoms with Crippen LogP contribution in [-0.4, -0.2) is 29.2 Å². The third kappa shape index (κ3) is 3.43. The van der Waals surface area contributed by atoms with Gasteiger partial charge in [-0.1, -0.05) is 54.9 Å². The minimum atomic E-state index is 0.00123. The number of carbonyl (C=O) groups excluding carboxylic acids is 1. The summed E-state index contributed by atoms with van der Waals surface area (Å²) in [7, 11) is 0. The Kier molecular flexibility index (Phi) is 4.90. The number of rotatable bonds is 3. The SMILES string of the molecule is CC(C)(C)c1ccccc1C(=O)N1CCC(CCBr)C1.